The molecule has 7 nitrogen and oxygen atoms in total. The average molecular weight is 411 g/mol. The molecule has 0 aliphatic heterocycles. The van der Waals surface area contributed by atoms with Crippen molar-refractivity contribution in [2.75, 3.05) is 38.5 Å². The van der Waals surface area contributed by atoms with Crippen molar-refractivity contribution in [2.45, 2.75) is 40.2 Å². The Morgan fingerprint density at radius 3 is 2.54 bits per heavy atom. The van der Waals surface area contributed by atoms with Crippen molar-refractivity contribution in [2.24, 2.45) is 10.9 Å². The summed E-state index contributed by atoms with van der Waals surface area (Å²) in [7, 11) is -3.25. The van der Waals surface area contributed by atoms with E-state index in [4.69, 9.17) is 4.74 Å². The van der Waals surface area contributed by atoms with Crippen LogP contribution in [0.3, 0.4) is 0 Å². The van der Waals surface area contributed by atoms with Gasteiger partial charge in [0, 0.05) is 31.7 Å². The first-order valence-corrected chi connectivity index (χ1v) is 11.8. The molecule has 0 atom stereocenters. The second kappa shape index (κ2) is 11.3. The molecule has 0 bridgehead atoms. The number of ether oxygens (including phenoxy) is 1. The van der Waals surface area contributed by atoms with Crippen molar-refractivity contribution in [3.8, 4) is 5.75 Å². The zero-order chi connectivity index (χ0) is 20.4. The van der Waals surface area contributed by atoms with E-state index in [-0.39, 0.29) is 5.75 Å². The van der Waals surface area contributed by atoms with Crippen LogP contribution in [-0.2, 0) is 16.6 Å². The molecule has 0 unspecified atom stereocenters. The normalized spacial score (nSPS) is 14.9. The van der Waals surface area contributed by atoms with Crippen molar-refractivity contribution in [1.82, 2.24) is 14.9 Å². The second-order valence-electron chi connectivity index (χ2n) is 6.88. The van der Waals surface area contributed by atoms with Crippen LogP contribution in [0, 0.1) is 5.92 Å². The van der Waals surface area contributed by atoms with Gasteiger partial charge < -0.3 is 15.4 Å². The van der Waals surface area contributed by atoms with Gasteiger partial charge in [0.25, 0.3) is 0 Å². The molecule has 1 aliphatic carbocycles. The highest BCUT2D eigenvalue weighted by atomic mass is 32.2. The second-order valence-corrected chi connectivity index (χ2v) is 8.97. The number of hydrogen-bond acceptors (Lipinski definition) is 4. The molecule has 8 heteroatoms. The molecule has 28 heavy (non-hydrogen) atoms. The number of hydrogen-bond donors (Lipinski definition) is 2. The van der Waals surface area contributed by atoms with Crippen LogP contribution < -0.4 is 15.4 Å². The Kier molecular flexibility index (Phi) is 9.05. The zero-order valence-electron chi connectivity index (χ0n) is 17.3. The molecule has 1 aromatic carbocycles. The summed E-state index contributed by atoms with van der Waals surface area (Å²) < 4.78 is 32.0. The highest BCUT2D eigenvalue weighted by molar-refractivity contribution is 7.89. The maximum Gasteiger partial charge on any atom is 0.215 e. The SMILES string of the molecule is CCNC(=NCc1ccccc1OCC1CC1)NCCS(=O)(=O)N(CC)CC. The number of guanidine groups is 1. The molecule has 0 aromatic heterocycles. The van der Waals surface area contributed by atoms with Crippen LogP contribution in [0.2, 0.25) is 0 Å². The lowest BCUT2D eigenvalue weighted by Gasteiger charge is -2.19. The average Bonchev–Trinajstić information content (AvgIpc) is 3.50. The van der Waals surface area contributed by atoms with Crippen LogP contribution in [0.25, 0.3) is 0 Å². The Hall–Kier alpha value is -1.80. The third-order valence-electron chi connectivity index (χ3n) is 4.65. The molecule has 0 saturated heterocycles. The lowest BCUT2D eigenvalue weighted by atomic mass is 10.2. The molecule has 0 spiro atoms. The van der Waals surface area contributed by atoms with E-state index in [2.05, 4.69) is 15.6 Å². The van der Waals surface area contributed by atoms with E-state index in [1.165, 1.54) is 17.1 Å². The van der Waals surface area contributed by atoms with Crippen LogP contribution >= 0.6 is 0 Å². The third kappa shape index (κ3) is 7.31. The fourth-order valence-corrected chi connectivity index (χ4v) is 4.22. The Labute approximate surface area is 169 Å². The minimum Gasteiger partial charge on any atom is -0.493 e. The van der Waals surface area contributed by atoms with Gasteiger partial charge in [0.2, 0.25) is 10.0 Å². The number of aliphatic imine (C=N–C) groups is 1. The summed E-state index contributed by atoms with van der Waals surface area (Å²) in [6.07, 6.45) is 2.51. The lowest BCUT2D eigenvalue weighted by molar-refractivity contribution is 0.297. The molecule has 0 amide bonds. The van der Waals surface area contributed by atoms with E-state index in [1.807, 2.05) is 45.0 Å². The van der Waals surface area contributed by atoms with Crippen molar-refractivity contribution in [3.63, 3.8) is 0 Å². The molecule has 1 saturated carbocycles. The predicted octanol–water partition coefficient (Wildman–Crippen LogP) is 2.20. The van der Waals surface area contributed by atoms with Gasteiger partial charge in [0.15, 0.2) is 5.96 Å². The summed E-state index contributed by atoms with van der Waals surface area (Å²) in [5.41, 5.74) is 1.02. The molecule has 1 aliphatic rings. The van der Waals surface area contributed by atoms with Gasteiger partial charge >= 0.3 is 0 Å². The number of nitrogens with zero attached hydrogens (tertiary/aromatic N) is 2. The maximum atomic E-state index is 12.3. The fraction of sp³-hybridized carbons (Fsp3) is 0.650. The van der Waals surface area contributed by atoms with Crippen molar-refractivity contribution >= 4 is 16.0 Å². The van der Waals surface area contributed by atoms with Crippen LogP contribution in [-0.4, -0.2) is 57.2 Å². The van der Waals surface area contributed by atoms with Gasteiger partial charge in [0.05, 0.1) is 18.9 Å². The number of benzene rings is 1. The smallest absolute Gasteiger partial charge is 0.215 e. The van der Waals surface area contributed by atoms with Gasteiger partial charge in [-0.2, -0.15) is 0 Å². The minimum absolute atomic E-state index is 0.0418. The summed E-state index contributed by atoms with van der Waals surface area (Å²) in [6.45, 7) is 8.91. The summed E-state index contributed by atoms with van der Waals surface area (Å²) in [5, 5.41) is 6.29. The van der Waals surface area contributed by atoms with E-state index in [0.29, 0.717) is 44.6 Å². The van der Waals surface area contributed by atoms with E-state index in [9.17, 15) is 8.42 Å². The lowest BCUT2D eigenvalue weighted by Crippen LogP contribution is -2.42. The molecule has 1 aromatic rings. The maximum absolute atomic E-state index is 12.3. The fourth-order valence-electron chi connectivity index (χ4n) is 2.82. The number of sulfonamides is 1. The standard InChI is InChI=1S/C20H34N4O3S/c1-4-21-20(22-13-14-28(25,26)24(5-2)6-3)23-15-18-9-7-8-10-19(18)27-16-17-11-12-17/h7-10,17H,4-6,11-16H2,1-3H3,(H2,21,22,23). The van der Waals surface area contributed by atoms with Gasteiger partial charge in [0.1, 0.15) is 5.75 Å². The van der Waals surface area contributed by atoms with Gasteiger partial charge in [-0.05, 0) is 31.7 Å². The predicted molar refractivity (Wildman–Crippen MR) is 114 cm³/mol. The van der Waals surface area contributed by atoms with Crippen molar-refractivity contribution < 1.29 is 13.2 Å². The third-order valence-corrected chi connectivity index (χ3v) is 6.67. The Balaban J connectivity index is 1.93. The number of nitrogens with one attached hydrogen (secondary N) is 2. The van der Waals surface area contributed by atoms with Crippen molar-refractivity contribution in [3.05, 3.63) is 29.8 Å². The zero-order valence-corrected chi connectivity index (χ0v) is 18.1. The molecule has 0 radical (unpaired) electrons. The van der Waals surface area contributed by atoms with Crippen LogP contribution in [0.1, 0.15) is 39.2 Å². The Morgan fingerprint density at radius 2 is 1.89 bits per heavy atom. The highest BCUT2D eigenvalue weighted by Crippen LogP contribution is 2.30. The van der Waals surface area contributed by atoms with Crippen LogP contribution in [0.5, 0.6) is 5.75 Å². The minimum atomic E-state index is -3.25. The molecule has 0 heterocycles. The van der Waals surface area contributed by atoms with E-state index < -0.39 is 10.0 Å². The molecule has 158 valence electrons. The molecular formula is C20H34N4O3S. The molecule has 2 rings (SSSR count). The van der Waals surface area contributed by atoms with Gasteiger partial charge in [-0.3, -0.25) is 0 Å². The number of para-hydroxylation sites is 1. The Morgan fingerprint density at radius 1 is 1.18 bits per heavy atom. The monoisotopic (exact) mass is 410 g/mol. The van der Waals surface area contributed by atoms with Gasteiger partial charge in [-0.15, -0.1) is 0 Å². The quantitative estimate of drug-likeness (QED) is 0.408. The molecule has 1 fully saturated rings. The molecular weight excluding hydrogens is 376 g/mol. The first-order chi connectivity index (χ1) is 13.5. The van der Waals surface area contributed by atoms with Crippen LogP contribution in [0.15, 0.2) is 29.3 Å². The molecule has 2 N–H and O–H groups in total. The first kappa shape index (κ1) is 22.5. The number of rotatable bonds is 12. The summed E-state index contributed by atoms with van der Waals surface area (Å²) in [5.74, 6) is 2.22. The first-order valence-electron chi connectivity index (χ1n) is 10.2. The highest BCUT2D eigenvalue weighted by Gasteiger charge is 2.22. The summed E-state index contributed by atoms with van der Waals surface area (Å²) >= 11 is 0. The van der Waals surface area contributed by atoms with Crippen molar-refractivity contribution in [1.29, 1.82) is 0 Å². The summed E-state index contributed by atoms with van der Waals surface area (Å²) in [6, 6.07) is 7.94. The van der Waals surface area contributed by atoms with E-state index >= 15 is 0 Å². The van der Waals surface area contributed by atoms with Gasteiger partial charge in [-0.25, -0.2) is 17.7 Å². The topological polar surface area (TPSA) is 83.0 Å². The van der Waals surface area contributed by atoms with E-state index in [0.717, 1.165) is 17.9 Å². The summed E-state index contributed by atoms with van der Waals surface area (Å²) in [4.78, 5) is 4.60. The largest absolute Gasteiger partial charge is 0.493 e. The van der Waals surface area contributed by atoms with Crippen LogP contribution in [0.4, 0.5) is 0 Å². The van der Waals surface area contributed by atoms with Gasteiger partial charge in [-0.1, -0.05) is 32.0 Å². The Bertz CT molecular complexity index is 729. The van der Waals surface area contributed by atoms with E-state index in [1.54, 1.807) is 0 Å².